The first-order chi connectivity index (χ1) is 11.2. The molecule has 0 amide bonds. The van der Waals surface area contributed by atoms with Gasteiger partial charge in [0.15, 0.2) is 0 Å². The molecular formula is C19H22ClNO2. The van der Waals surface area contributed by atoms with E-state index in [2.05, 4.69) is 4.90 Å². The van der Waals surface area contributed by atoms with E-state index >= 15 is 0 Å². The van der Waals surface area contributed by atoms with E-state index in [0.29, 0.717) is 11.6 Å². The number of aliphatic hydroxyl groups is 1. The molecule has 1 heterocycles. The fourth-order valence-corrected chi connectivity index (χ4v) is 3.21. The number of likely N-dealkylation sites (tertiary alicyclic amines) is 1. The average Bonchev–Trinajstić information content (AvgIpc) is 2.58. The highest BCUT2D eigenvalue weighted by Gasteiger charge is 2.33. The van der Waals surface area contributed by atoms with E-state index in [-0.39, 0.29) is 0 Å². The van der Waals surface area contributed by atoms with Crippen molar-refractivity contribution in [3.05, 3.63) is 65.2 Å². The van der Waals surface area contributed by atoms with E-state index in [1.165, 1.54) is 0 Å². The lowest BCUT2D eigenvalue weighted by Crippen LogP contribution is -2.43. The Morgan fingerprint density at radius 1 is 1.04 bits per heavy atom. The molecule has 0 aromatic heterocycles. The van der Waals surface area contributed by atoms with Gasteiger partial charge < -0.3 is 9.84 Å². The predicted octanol–water partition coefficient (Wildman–Crippen LogP) is 3.70. The molecule has 1 aliphatic heterocycles. The van der Waals surface area contributed by atoms with Gasteiger partial charge in [-0.05, 0) is 36.6 Å². The summed E-state index contributed by atoms with van der Waals surface area (Å²) in [6.45, 7) is 3.25. The Kier molecular flexibility index (Phi) is 5.21. The Bertz CT molecular complexity index is 624. The van der Waals surface area contributed by atoms with Crippen LogP contribution in [0.5, 0.6) is 5.75 Å². The standard InChI is InChI=1S/C19H22ClNO2/c20-17-7-4-8-18(15-17)23-14-13-21-11-9-19(22,10-12-21)16-5-2-1-3-6-16/h1-8,15,22H,9-14H2. The molecule has 1 aliphatic rings. The van der Waals surface area contributed by atoms with Gasteiger partial charge in [0.1, 0.15) is 12.4 Å². The largest absolute Gasteiger partial charge is 0.492 e. The first kappa shape index (κ1) is 16.3. The van der Waals surface area contributed by atoms with E-state index in [0.717, 1.165) is 43.8 Å². The maximum absolute atomic E-state index is 10.8. The zero-order valence-electron chi connectivity index (χ0n) is 13.1. The molecule has 122 valence electrons. The Labute approximate surface area is 142 Å². The predicted molar refractivity (Wildman–Crippen MR) is 93.0 cm³/mol. The van der Waals surface area contributed by atoms with Crippen LogP contribution in [0.2, 0.25) is 5.02 Å². The molecule has 1 fully saturated rings. The van der Waals surface area contributed by atoms with E-state index in [1.807, 2.05) is 54.6 Å². The lowest BCUT2D eigenvalue weighted by molar-refractivity contribution is -0.0278. The third-order valence-corrected chi connectivity index (χ3v) is 4.70. The van der Waals surface area contributed by atoms with Crippen LogP contribution < -0.4 is 4.74 Å². The maximum Gasteiger partial charge on any atom is 0.120 e. The first-order valence-corrected chi connectivity index (χ1v) is 8.42. The summed E-state index contributed by atoms with van der Waals surface area (Å²) in [6, 6.07) is 17.4. The summed E-state index contributed by atoms with van der Waals surface area (Å²) in [7, 11) is 0. The molecule has 4 heteroatoms. The molecule has 3 rings (SSSR count). The SMILES string of the molecule is OC1(c2ccccc2)CCN(CCOc2cccc(Cl)c2)CC1. The number of nitrogens with zero attached hydrogens (tertiary/aromatic N) is 1. The molecule has 0 bridgehead atoms. The number of halogens is 1. The van der Waals surface area contributed by atoms with Crippen molar-refractivity contribution in [1.29, 1.82) is 0 Å². The second-order valence-corrected chi connectivity index (χ2v) is 6.48. The van der Waals surface area contributed by atoms with E-state index in [4.69, 9.17) is 16.3 Å². The number of hydrogen-bond acceptors (Lipinski definition) is 3. The summed E-state index contributed by atoms with van der Waals surface area (Å²) in [4.78, 5) is 2.34. The highest BCUT2D eigenvalue weighted by atomic mass is 35.5. The molecule has 1 saturated heterocycles. The number of benzene rings is 2. The molecule has 0 unspecified atom stereocenters. The van der Waals surface area contributed by atoms with Crippen molar-refractivity contribution < 1.29 is 9.84 Å². The lowest BCUT2D eigenvalue weighted by atomic mass is 9.84. The normalized spacial score (nSPS) is 17.8. The van der Waals surface area contributed by atoms with Crippen LogP contribution in [0.3, 0.4) is 0 Å². The average molecular weight is 332 g/mol. The molecule has 2 aromatic rings. The lowest BCUT2D eigenvalue weighted by Gasteiger charge is -2.38. The number of rotatable bonds is 5. The van der Waals surface area contributed by atoms with E-state index < -0.39 is 5.60 Å². The molecule has 1 N–H and O–H groups in total. The summed E-state index contributed by atoms with van der Waals surface area (Å²) in [5.41, 5.74) is 0.334. The summed E-state index contributed by atoms with van der Waals surface area (Å²) in [6.07, 6.45) is 1.52. The van der Waals surface area contributed by atoms with Gasteiger partial charge in [-0.3, -0.25) is 4.90 Å². The topological polar surface area (TPSA) is 32.7 Å². The minimum absolute atomic E-state index is 0.629. The number of piperidine rings is 1. The fourth-order valence-electron chi connectivity index (χ4n) is 3.03. The first-order valence-electron chi connectivity index (χ1n) is 8.04. The van der Waals surface area contributed by atoms with Crippen molar-refractivity contribution >= 4 is 11.6 Å². The molecule has 0 atom stereocenters. The number of hydrogen-bond donors (Lipinski definition) is 1. The molecular weight excluding hydrogens is 310 g/mol. The van der Waals surface area contributed by atoms with Crippen molar-refractivity contribution in [2.75, 3.05) is 26.2 Å². The van der Waals surface area contributed by atoms with E-state index in [1.54, 1.807) is 0 Å². The van der Waals surface area contributed by atoms with Crippen LogP contribution in [0.15, 0.2) is 54.6 Å². The highest BCUT2D eigenvalue weighted by molar-refractivity contribution is 6.30. The van der Waals surface area contributed by atoms with Gasteiger partial charge in [-0.1, -0.05) is 48.0 Å². The third kappa shape index (κ3) is 4.25. The summed E-state index contributed by atoms with van der Waals surface area (Å²) in [5.74, 6) is 0.801. The van der Waals surface area contributed by atoms with Gasteiger partial charge in [0.05, 0.1) is 5.60 Å². The maximum atomic E-state index is 10.8. The molecule has 0 spiro atoms. The molecule has 0 radical (unpaired) electrons. The van der Waals surface area contributed by atoms with Gasteiger partial charge in [0, 0.05) is 24.7 Å². The van der Waals surface area contributed by atoms with Gasteiger partial charge in [-0.2, -0.15) is 0 Å². The minimum atomic E-state index is -0.689. The summed E-state index contributed by atoms with van der Waals surface area (Å²) in [5, 5.41) is 11.5. The number of ether oxygens (including phenoxy) is 1. The summed E-state index contributed by atoms with van der Waals surface area (Å²) >= 11 is 5.94. The molecule has 23 heavy (non-hydrogen) atoms. The van der Waals surface area contributed by atoms with Gasteiger partial charge in [0.2, 0.25) is 0 Å². The van der Waals surface area contributed by atoms with Crippen molar-refractivity contribution in [3.8, 4) is 5.75 Å². The van der Waals surface area contributed by atoms with Gasteiger partial charge in [-0.15, -0.1) is 0 Å². The van der Waals surface area contributed by atoms with Crippen LogP contribution in [-0.4, -0.2) is 36.2 Å². The third-order valence-electron chi connectivity index (χ3n) is 4.47. The molecule has 0 aliphatic carbocycles. The Morgan fingerprint density at radius 2 is 1.78 bits per heavy atom. The monoisotopic (exact) mass is 331 g/mol. The van der Waals surface area contributed by atoms with Crippen LogP contribution in [0.25, 0.3) is 0 Å². The van der Waals surface area contributed by atoms with Crippen molar-refractivity contribution in [2.24, 2.45) is 0 Å². The van der Waals surface area contributed by atoms with Crippen LogP contribution in [0.1, 0.15) is 18.4 Å². The highest BCUT2D eigenvalue weighted by Crippen LogP contribution is 2.32. The van der Waals surface area contributed by atoms with Crippen LogP contribution >= 0.6 is 11.6 Å². The zero-order valence-corrected chi connectivity index (χ0v) is 13.9. The van der Waals surface area contributed by atoms with Crippen molar-refractivity contribution in [1.82, 2.24) is 4.90 Å². The van der Waals surface area contributed by atoms with Crippen LogP contribution in [-0.2, 0) is 5.60 Å². The molecule has 2 aromatic carbocycles. The van der Waals surface area contributed by atoms with E-state index in [9.17, 15) is 5.11 Å². The Morgan fingerprint density at radius 3 is 2.48 bits per heavy atom. The minimum Gasteiger partial charge on any atom is -0.492 e. The van der Waals surface area contributed by atoms with Crippen LogP contribution in [0, 0.1) is 0 Å². The fraction of sp³-hybridized carbons (Fsp3) is 0.368. The van der Waals surface area contributed by atoms with Gasteiger partial charge in [-0.25, -0.2) is 0 Å². The molecule has 3 nitrogen and oxygen atoms in total. The van der Waals surface area contributed by atoms with Crippen LogP contribution in [0.4, 0.5) is 0 Å². The van der Waals surface area contributed by atoms with Gasteiger partial charge in [0.25, 0.3) is 0 Å². The van der Waals surface area contributed by atoms with Crippen molar-refractivity contribution in [2.45, 2.75) is 18.4 Å². The molecule has 0 saturated carbocycles. The smallest absolute Gasteiger partial charge is 0.120 e. The zero-order chi connectivity index (χ0) is 16.1. The van der Waals surface area contributed by atoms with Gasteiger partial charge >= 0.3 is 0 Å². The second-order valence-electron chi connectivity index (χ2n) is 6.05. The van der Waals surface area contributed by atoms with Crippen molar-refractivity contribution in [3.63, 3.8) is 0 Å². The Hall–Kier alpha value is -1.55. The summed E-state index contributed by atoms with van der Waals surface area (Å²) < 4.78 is 5.74. The second kappa shape index (κ2) is 7.35. The quantitative estimate of drug-likeness (QED) is 0.906. The Balaban J connectivity index is 1.46.